The highest BCUT2D eigenvalue weighted by molar-refractivity contribution is 7.80. The molecule has 1 fully saturated rings. The van der Waals surface area contributed by atoms with E-state index in [-0.39, 0.29) is 0 Å². The lowest BCUT2D eigenvalue weighted by Gasteiger charge is -2.29. The van der Waals surface area contributed by atoms with Gasteiger partial charge in [-0.05, 0) is 43.7 Å². The van der Waals surface area contributed by atoms with Crippen LogP contribution in [-0.4, -0.2) is 30.3 Å². The predicted octanol–water partition coefficient (Wildman–Crippen LogP) is 3.62. The summed E-state index contributed by atoms with van der Waals surface area (Å²) in [4.78, 5) is 2.55. The number of thiol groups is 1. The molecule has 1 aliphatic heterocycles. The Kier molecular flexibility index (Phi) is 5.39. The number of hydrogen-bond donors (Lipinski definition) is 1. The van der Waals surface area contributed by atoms with E-state index in [1.165, 1.54) is 37.9 Å². The summed E-state index contributed by atoms with van der Waals surface area (Å²) < 4.78 is 0. The Labute approximate surface area is 107 Å². The molecule has 0 aromatic heterocycles. The van der Waals surface area contributed by atoms with Crippen LogP contribution in [0.2, 0.25) is 0 Å². The van der Waals surface area contributed by atoms with Gasteiger partial charge in [-0.1, -0.05) is 32.9 Å². The van der Waals surface area contributed by atoms with Crippen LogP contribution in [0.15, 0.2) is 12.2 Å². The van der Waals surface area contributed by atoms with Crippen molar-refractivity contribution < 1.29 is 0 Å². The van der Waals surface area contributed by atoms with Gasteiger partial charge in [0, 0.05) is 12.3 Å². The van der Waals surface area contributed by atoms with E-state index in [0.29, 0.717) is 5.41 Å². The summed E-state index contributed by atoms with van der Waals surface area (Å²) in [5.41, 5.74) is 1.72. The lowest BCUT2D eigenvalue weighted by molar-refractivity contribution is 0.210. The minimum atomic E-state index is 0.469. The third-order valence-corrected chi connectivity index (χ3v) is 4.16. The summed E-state index contributed by atoms with van der Waals surface area (Å²) in [5.74, 6) is 1.70. The van der Waals surface area contributed by atoms with Gasteiger partial charge in [-0.3, -0.25) is 4.90 Å². The molecule has 1 saturated heterocycles. The van der Waals surface area contributed by atoms with Crippen molar-refractivity contribution in [3.8, 4) is 0 Å². The van der Waals surface area contributed by atoms with Gasteiger partial charge in [-0.25, -0.2) is 0 Å². The monoisotopic (exact) mass is 241 g/mol. The molecule has 1 unspecified atom stereocenters. The van der Waals surface area contributed by atoms with E-state index in [1.807, 2.05) is 0 Å². The molecule has 94 valence electrons. The molecule has 0 radical (unpaired) electrons. The van der Waals surface area contributed by atoms with Crippen LogP contribution in [-0.2, 0) is 0 Å². The van der Waals surface area contributed by atoms with Gasteiger partial charge < -0.3 is 0 Å². The SMILES string of the molecule is C=C(CS)CN1CCCC(C(C)(C)C)CC1. The van der Waals surface area contributed by atoms with Crippen molar-refractivity contribution >= 4 is 12.6 Å². The number of hydrogen-bond acceptors (Lipinski definition) is 2. The molecule has 1 aliphatic rings. The number of nitrogens with zero attached hydrogens (tertiary/aromatic N) is 1. The van der Waals surface area contributed by atoms with E-state index in [4.69, 9.17) is 0 Å². The molecule has 0 saturated carbocycles. The van der Waals surface area contributed by atoms with Crippen molar-refractivity contribution in [2.45, 2.75) is 40.0 Å². The third kappa shape index (κ3) is 4.50. The summed E-state index contributed by atoms with van der Waals surface area (Å²) >= 11 is 4.28. The molecule has 1 nitrogen and oxygen atoms in total. The van der Waals surface area contributed by atoms with Gasteiger partial charge in [0.15, 0.2) is 0 Å². The van der Waals surface area contributed by atoms with Crippen LogP contribution in [0.3, 0.4) is 0 Å². The molecular formula is C14H27NS. The van der Waals surface area contributed by atoms with Crippen LogP contribution in [0.25, 0.3) is 0 Å². The highest BCUT2D eigenvalue weighted by Gasteiger charge is 2.26. The first-order chi connectivity index (χ1) is 7.43. The lowest BCUT2D eigenvalue weighted by atomic mass is 9.77. The van der Waals surface area contributed by atoms with Crippen LogP contribution in [0, 0.1) is 11.3 Å². The van der Waals surface area contributed by atoms with Gasteiger partial charge in [0.1, 0.15) is 0 Å². The molecule has 16 heavy (non-hydrogen) atoms. The first kappa shape index (κ1) is 14.1. The van der Waals surface area contributed by atoms with Gasteiger partial charge in [0.05, 0.1) is 0 Å². The Morgan fingerprint density at radius 2 is 2.00 bits per heavy atom. The second-order valence-electron chi connectivity index (χ2n) is 6.18. The standard InChI is InChI=1S/C14H27NS/c1-12(11-16)10-15-8-5-6-13(7-9-15)14(2,3)4/h13,16H,1,5-11H2,2-4H3. The zero-order chi connectivity index (χ0) is 12.2. The normalized spacial score (nSPS) is 24.1. The Morgan fingerprint density at radius 3 is 2.56 bits per heavy atom. The Morgan fingerprint density at radius 1 is 1.31 bits per heavy atom. The van der Waals surface area contributed by atoms with E-state index < -0.39 is 0 Å². The number of rotatable bonds is 3. The van der Waals surface area contributed by atoms with Gasteiger partial charge in [0.2, 0.25) is 0 Å². The maximum absolute atomic E-state index is 4.28. The molecule has 0 aromatic carbocycles. The molecular weight excluding hydrogens is 214 g/mol. The van der Waals surface area contributed by atoms with E-state index in [2.05, 4.69) is 44.9 Å². The average molecular weight is 241 g/mol. The quantitative estimate of drug-likeness (QED) is 0.583. The van der Waals surface area contributed by atoms with Gasteiger partial charge in [-0.15, -0.1) is 0 Å². The fourth-order valence-corrected chi connectivity index (χ4v) is 2.65. The fourth-order valence-electron chi connectivity index (χ4n) is 2.55. The predicted molar refractivity (Wildman–Crippen MR) is 76.2 cm³/mol. The zero-order valence-electron chi connectivity index (χ0n) is 11.1. The molecule has 0 amide bonds. The minimum Gasteiger partial charge on any atom is -0.299 e. The molecule has 0 N–H and O–H groups in total. The largest absolute Gasteiger partial charge is 0.299 e. The Hall–Kier alpha value is 0.0500. The summed E-state index contributed by atoms with van der Waals surface area (Å²) in [6, 6.07) is 0. The molecule has 0 bridgehead atoms. The Balaban J connectivity index is 2.43. The van der Waals surface area contributed by atoms with Crippen molar-refractivity contribution in [1.82, 2.24) is 4.90 Å². The lowest BCUT2D eigenvalue weighted by Crippen LogP contribution is -2.28. The van der Waals surface area contributed by atoms with Crippen LogP contribution >= 0.6 is 12.6 Å². The molecule has 1 rings (SSSR count). The van der Waals surface area contributed by atoms with Crippen LogP contribution in [0.5, 0.6) is 0 Å². The molecule has 1 atom stereocenters. The maximum Gasteiger partial charge on any atom is 0.0198 e. The van der Waals surface area contributed by atoms with Crippen molar-refractivity contribution in [3.63, 3.8) is 0 Å². The molecule has 2 heteroatoms. The molecule has 0 spiro atoms. The highest BCUT2D eigenvalue weighted by atomic mass is 32.1. The third-order valence-electron chi connectivity index (χ3n) is 3.72. The second-order valence-corrected chi connectivity index (χ2v) is 6.49. The van der Waals surface area contributed by atoms with Crippen LogP contribution in [0.4, 0.5) is 0 Å². The van der Waals surface area contributed by atoms with Crippen molar-refractivity contribution in [1.29, 1.82) is 0 Å². The molecule has 1 heterocycles. The smallest absolute Gasteiger partial charge is 0.0198 e. The molecule has 0 aliphatic carbocycles. The summed E-state index contributed by atoms with van der Waals surface area (Å²) in [5, 5.41) is 0. The van der Waals surface area contributed by atoms with E-state index in [0.717, 1.165) is 18.2 Å². The summed E-state index contributed by atoms with van der Waals surface area (Å²) in [6.07, 6.45) is 4.05. The van der Waals surface area contributed by atoms with Crippen molar-refractivity contribution in [2.75, 3.05) is 25.4 Å². The highest BCUT2D eigenvalue weighted by Crippen LogP contribution is 2.34. The van der Waals surface area contributed by atoms with Gasteiger partial charge >= 0.3 is 0 Å². The maximum atomic E-state index is 4.28. The summed E-state index contributed by atoms with van der Waals surface area (Å²) in [7, 11) is 0. The fraction of sp³-hybridized carbons (Fsp3) is 0.857. The minimum absolute atomic E-state index is 0.469. The zero-order valence-corrected chi connectivity index (χ0v) is 12.0. The molecule has 0 aromatic rings. The van der Waals surface area contributed by atoms with Crippen molar-refractivity contribution in [2.24, 2.45) is 11.3 Å². The van der Waals surface area contributed by atoms with E-state index in [9.17, 15) is 0 Å². The van der Waals surface area contributed by atoms with Gasteiger partial charge in [0.25, 0.3) is 0 Å². The first-order valence-electron chi connectivity index (χ1n) is 6.43. The van der Waals surface area contributed by atoms with Gasteiger partial charge in [-0.2, -0.15) is 12.6 Å². The number of likely N-dealkylation sites (tertiary alicyclic amines) is 1. The second kappa shape index (κ2) is 6.11. The Bertz CT molecular complexity index is 229. The van der Waals surface area contributed by atoms with Crippen molar-refractivity contribution in [3.05, 3.63) is 12.2 Å². The van der Waals surface area contributed by atoms with E-state index in [1.54, 1.807) is 0 Å². The van der Waals surface area contributed by atoms with E-state index >= 15 is 0 Å². The summed E-state index contributed by atoms with van der Waals surface area (Å²) in [6.45, 7) is 14.7. The van der Waals surface area contributed by atoms with Crippen LogP contribution < -0.4 is 0 Å². The van der Waals surface area contributed by atoms with Crippen LogP contribution in [0.1, 0.15) is 40.0 Å². The first-order valence-corrected chi connectivity index (χ1v) is 7.06. The average Bonchev–Trinajstić information content (AvgIpc) is 2.42. The topological polar surface area (TPSA) is 3.24 Å².